The first kappa shape index (κ1) is 12.9. The summed E-state index contributed by atoms with van der Waals surface area (Å²) in [5, 5.41) is 3.33. The maximum Gasteiger partial charge on any atom is 0.222 e. The van der Waals surface area contributed by atoms with E-state index >= 15 is 0 Å². The number of quaternary nitrogens is 1. The Kier molecular flexibility index (Phi) is 3.23. The largest absolute Gasteiger partial charge is 0.350 e. The number of amides is 1. The van der Waals surface area contributed by atoms with Crippen LogP contribution in [0, 0.1) is 5.92 Å². The SMILES string of the molecule is CC(C)C(=O)NC12CC[N+](C(C)C)(CC1)CC2. The van der Waals surface area contributed by atoms with Crippen LogP contribution in [0.15, 0.2) is 0 Å². The van der Waals surface area contributed by atoms with Crippen molar-refractivity contribution in [2.24, 2.45) is 5.92 Å². The minimum Gasteiger partial charge on any atom is -0.350 e. The fourth-order valence-electron chi connectivity index (χ4n) is 3.39. The van der Waals surface area contributed by atoms with Crippen LogP contribution < -0.4 is 5.32 Å². The fraction of sp³-hybridized carbons (Fsp3) is 0.929. The van der Waals surface area contributed by atoms with Crippen molar-refractivity contribution in [1.29, 1.82) is 0 Å². The average molecular weight is 239 g/mol. The minimum absolute atomic E-state index is 0.109. The molecule has 0 saturated carbocycles. The molecule has 98 valence electrons. The van der Waals surface area contributed by atoms with E-state index in [-0.39, 0.29) is 17.4 Å². The summed E-state index contributed by atoms with van der Waals surface area (Å²) in [7, 11) is 0. The van der Waals surface area contributed by atoms with Crippen molar-refractivity contribution < 1.29 is 9.28 Å². The molecule has 17 heavy (non-hydrogen) atoms. The summed E-state index contributed by atoms with van der Waals surface area (Å²) in [6, 6.07) is 0.731. The quantitative estimate of drug-likeness (QED) is 0.749. The number of nitrogens with one attached hydrogen (secondary N) is 1. The van der Waals surface area contributed by atoms with Crippen LogP contribution in [0.1, 0.15) is 47.0 Å². The Morgan fingerprint density at radius 3 is 1.88 bits per heavy atom. The average Bonchev–Trinajstić information content (AvgIpc) is 2.30. The van der Waals surface area contributed by atoms with Gasteiger partial charge < -0.3 is 9.80 Å². The smallest absolute Gasteiger partial charge is 0.222 e. The Bertz CT molecular complexity index is 285. The highest BCUT2D eigenvalue weighted by molar-refractivity contribution is 5.78. The summed E-state index contributed by atoms with van der Waals surface area (Å²) in [4.78, 5) is 11.9. The van der Waals surface area contributed by atoms with Crippen LogP contribution in [-0.4, -0.2) is 41.6 Å². The summed E-state index contributed by atoms with van der Waals surface area (Å²) in [5.41, 5.74) is 0.135. The Hall–Kier alpha value is -0.570. The first-order chi connectivity index (χ1) is 7.89. The number of rotatable bonds is 3. The molecular weight excluding hydrogens is 212 g/mol. The van der Waals surface area contributed by atoms with E-state index in [0.29, 0.717) is 0 Å². The van der Waals surface area contributed by atoms with Gasteiger partial charge in [-0.05, 0) is 13.8 Å². The molecule has 3 heterocycles. The molecule has 0 aromatic heterocycles. The van der Waals surface area contributed by atoms with Crippen molar-refractivity contribution in [1.82, 2.24) is 5.32 Å². The van der Waals surface area contributed by atoms with E-state index in [4.69, 9.17) is 0 Å². The molecule has 1 amide bonds. The zero-order valence-electron chi connectivity index (χ0n) is 11.8. The predicted octanol–water partition coefficient (Wildman–Crippen LogP) is 1.92. The molecule has 1 N–H and O–H groups in total. The molecule has 3 aliphatic heterocycles. The summed E-state index contributed by atoms with van der Waals surface area (Å²) in [6.07, 6.45) is 3.51. The third-order valence-corrected chi connectivity index (χ3v) is 5.12. The first-order valence-corrected chi connectivity index (χ1v) is 7.07. The van der Waals surface area contributed by atoms with Gasteiger partial charge in [0.1, 0.15) is 0 Å². The number of hydrogen-bond donors (Lipinski definition) is 1. The highest BCUT2D eigenvalue weighted by atomic mass is 16.2. The molecule has 0 aromatic carbocycles. The molecule has 0 unspecified atom stereocenters. The number of carbonyl (C=O) groups excluding carboxylic acids is 1. The van der Waals surface area contributed by atoms with Gasteiger partial charge in [-0.3, -0.25) is 4.79 Å². The maximum atomic E-state index is 11.9. The van der Waals surface area contributed by atoms with Crippen molar-refractivity contribution in [3.05, 3.63) is 0 Å². The molecule has 3 rings (SSSR count). The lowest BCUT2D eigenvalue weighted by molar-refractivity contribution is -0.961. The number of hydrogen-bond acceptors (Lipinski definition) is 1. The molecule has 2 bridgehead atoms. The molecule has 0 radical (unpaired) electrons. The van der Waals surface area contributed by atoms with Gasteiger partial charge in [-0.25, -0.2) is 0 Å². The lowest BCUT2D eigenvalue weighted by Crippen LogP contribution is -2.70. The second-order valence-corrected chi connectivity index (χ2v) is 6.66. The molecule has 3 heteroatoms. The number of carbonyl (C=O) groups is 1. The van der Waals surface area contributed by atoms with Crippen LogP contribution in [0.25, 0.3) is 0 Å². The molecule has 3 nitrogen and oxygen atoms in total. The van der Waals surface area contributed by atoms with Gasteiger partial charge >= 0.3 is 0 Å². The number of fused-ring (bicyclic) bond motifs is 3. The second kappa shape index (κ2) is 4.27. The van der Waals surface area contributed by atoms with Gasteiger partial charge in [0.15, 0.2) is 0 Å². The van der Waals surface area contributed by atoms with Gasteiger partial charge in [-0.15, -0.1) is 0 Å². The number of nitrogens with zero attached hydrogens (tertiary/aromatic N) is 1. The third-order valence-electron chi connectivity index (χ3n) is 5.12. The van der Waals surface area contributed by atoms with E-state index in [0.717, 1.165) is 6.04 Å². The van der Waals surface area contributed by atoms with E-state index in [1.54, 1.807) is 0 Å². The van der Waals surface area contributed by atoms with Crippen LogP contribution in [0.2, 0.25) is 0 Å². The number of piperidine rings is 3. The van der Waals surface area contributed by atoms with Gasteiger partial charge in [0, 0.05) is 25.2 Å². The van der Waals surface area contributed by atoms with Crippen molar-refractivity contribution in [2.45, 2.75) is 58.5 Å². The highest BCUT2D eigenvalue weighted by Gasteiger charge is 2.50. The van der Waals surface area contributed by atoms with Crippen LogP contribution in [-0.2, 0) is 4.79 Å². The van der Waals surface area contributed by atoms with Crippen molar-refractivity contribution in [2.75, 3.05) is 19.6 Å². The van der Waals surface area contributed by atoms with Crippen LogP contribution >= 0.6 is 0 Å². The van der Waals surface area contributed by atoms with Gasteiger partial charge in [0.05, 0.1) is 31.2 Å². The Morgan fingerprint density at radius 1 is 1.06 bits per heavy atom. The lowest BCUT2D eigenvalue weighted by Gasteiger charge is -2.57. The Balaban J connectivity index is 2.02. The van der Waals surface area contributed by atoms with Gasteiger partial charge in [0.25, 0.3) is 0 Å². The fourth-order valence-corrected chi connectivity index (χ4v) is 3.39. The maximum absolute atomic E-state index is 11.9. The molecule has 3 aliphatic rings. The minimum atomic E-state index is 0.109. The summed E-state index contributed by atoms with van der Waals surface area (Å²) < 4.78 is 1.28. The van der Waals surface area contributed by atoms with Gasteiger partial charge in [-0.1, -0.05) is 13.8 Å². The van der Waals surface area contributed by atoms with Crippen molar-refractivity contribution in [3.63, 3.8) is 0 Å². The molecule has 0 aliphatic carbocycles. The van der Waals surface area contributed by atoms with Gasteiger partial charge in [0.2, 0.25) is 5.91 Å². The zero-order valence-corrected chi connectivity index (χ0v) is 11.8. The van der Waals surface area contributed by atoms with E-state index in [9.17, 15) is 4.79 Å². The third kappa shape index (κ3) is 2.22. The highest BCUT2D eigenvalue weighted by Crippen LogP contribution is 2.38. The lowest BCUT2D eigenvalue weighted by atomic mass is 9.77. The van der Waals surface area contributed by atoms with E-state index in [1.807, 2.05) is 13.8 Å². The molecule has 3 saturated heterocycles. The van der Waals surface area contributed by atoms with E-state index in [2.05, 4.69) is 19.2 Å². The predicted molar refractivity (Wildman–Crippen MR) is 69.6 cm³/mol. The molecule has 0 aromatic rings. The van der Waals surface area contributed by atoms with E-state index < -0.39 is 0 Å². The molecule has 3 fully saturated rings. The van der Waals surface area contributed by atoms with Crippen LogP contribution in [0.4, 0.5) is 0 Å². The van der Waals surface area contributed by atoms with E-state index in [1.165, 1.54) is 43.4 Å². The summed E-state index contributed by atoms with van der Waals surface area (Å²) >= 11 is 0. The van der Waals surface area contributed by atoms with Gasteiger partial charge in [-0.2, -0.15) is 0 Å². The standard InChI is InChI=1S/C14H26N2O/c1-11(2)13(17)15-14-5-8-16(9-6-14,10-7-14)12(3)4/h11-12H,5-10H2,1-4H3/p+1. The van der Waals surface area contributed by atoms with Crippen LogP contribution in [0.3, 0.4) is 0 Å². The summed E-state index contributed by atoms with van der Waals surface area (Å²) in [6.45, 7) is 12.4. The summed E-state index contributed by atoms with van der Waals surface area (Å²) in [5.74, 6) is 0.342. The van der Waals surface area contributed by atoms with Crippen molar-refractivity contribution in [3.8, 4) is 0 Å². The van der Waals surface area contributed by atoms with Crippen molar-refractivity contribution >= 4 is 5.91 Å². The zero-order chi connectivity index (χ0) is 12.7. The molecular formula is C14H27N2O+. The molecule has 0 spiro atoms. The Morgan fingerprint density at radius 2 is 1.53 bits per heavy atom. The first-order valence-electron chi connectivity index (χ1n) is 7.07. The van der Waals surface area contributed by atoms with Crippen LogP contribution in [0.5, 0.6) is 0 Å². The monoisotopic (exact) mass is 239 g/mol. The second-order valence-electron chi connectivity index (χ2n) is 6.66. The topological polar surface area (TPSA) is 29.1 Å². The normalized spacial score (nSPS) is 36.6. The Labute approximate surface area is 105 Å². The molecule has 0 atom stereocenters.